The van der Waals surface area contributed by atoms with Crippen LogP contribution in [0.25, 0.3) is 0 Å². The molecule has 0 aromatic rings. The summed E-state index contributed by atoms with van der Waals surface area (Å²) >= 11 is 0. The van der Waals surface area contributed by atoms with Crippen LogP contribution in [0.4, 0.5) is 0 Å². The van der Waals surface area contributed by atoms with Crippen molar-refractivity contribution in [3.8, 4) is 0 Å². The molecule has 0 aliphatic carbocycles. The predicted octanol–water partition coefficient (Wildman–Crippen LogP) is -0.388. The monoisotopic (exact) mass is 234 g/mol. The third-order valence-corrected chi connectivity index (χ3v) is 0. The third-order valence-electron chi connectivity index (χ3n) is 0. The Bertz CT molecular complexity index is 8.00. The van der Waals surface area contributed by atoms with Gasteiger partial charge in [-0.15, -0.1) is 0 Å². The molecule has 0 N–H and O–H groups in total. The van der Waals surface area contributed by atoms with Gasteiger partial charge in [0.05, 0.1) is 0 Å². The van der Waals surface area contributed by atoms with Crippen molar-refractivity contribution in [2.45, 2.75) is 0 Å². The maximum Gasteiger partial charge on any atom is 0 e. The Kier molecular flexibility index (Phi) is 155. The SMILES string of the molecule is [Al].[Co].[Mn].[Nb]. The second kappa shape index (κ2) is 18.5. The molecule has 0 heterocycles. The predicted molar refractivity (Wildman–Crippen MR) is 5.75 cm³/mol. The minimum atomic E-state index is 0. The third kappa shape index (κ3) is 8.85. The van der Waals surface area contributed by atoms with Crippen LogP contribution >= 0.6 is 0 Å². The van der Waals surface area contributed by atoms with Crippen molar-refractivity contribution in [1.29, 1.82) is 0 Å². The first kappa shape index (κ1) is 33.5. The van der Waals surface area contributed by atoms with Gasteiger partial charge in [-0.05, 0) is 0 Å². The molecule has 0 rings (SSSR count). The van der Waals surface area contributed by atoms with Crippen molar-refractivity contribution < 1.29 is 56.2 Å². The number of hydrogen-bond donors (Lipinski definition) is 0. The molecule has 0 unspecified atom stereocenters. The van der Waals surface area contributed by atoms with E-state index in [1.54, 1.807) is 0 Å². The molecule has 24 valence electrons. The minimum absolute atomic E-state index is 0. The van der Waals surface area contributed by atoms with Gasteiger partial charge in [-0.3, -0.25) is 0 Å². The Morgan fingerprint density at radius 2 is 1.00 bits per heavy atom. The van der Waals surface area contributed by atoms with E-state index in [0.29, 0.717) is 0 Å². The summed E-state index contributed by atoms with van der Waals surface area (Å²) in [5.41, 5.74) is 0. The second-order valence-corrected chi connectivity index (χ2v) is 0. The van der Waals surface area contributed by atoms with Crippen LogP contribution in [0.15, 0.2) is 0 Å². The summed E-state index contributed by atoms with van der Waals surface area (Å²) in [6.45, 7) is 0. The van der Waals surface area contributed by atoms with Gasteiger partial charge in [0, 0.05) is 73.6 Å². The van der Waals surface area contributed by atoms with E-state index in [9.17, 15) is 0 Å². The van der Waals surface area contributed by atoms with Crippen LogP contribution in [0.3, 0.4) is 0 Å². The normalized spacial score (nSPS) is 0. The molecule has 0 bridgehead atoms. The molecule has 0 nitrogen and oxygen atoms in total. The molecule has 0 saturated carbocycles. The van der Waals surface area contributed by atoms with Gasteiger partial charge in [0.25, 0.3) is 0 Å². The molecule has 0 aromatic carbocycles. The molecule has 0 amide bonds. The van der Waals surface area contributed by atoms with Gasteiger partial charge in [-0.25, -0.2) is 0 Å². The van der Waals surface area contributed by atoms with Crippen LogP contribution in [-0.4, -0.2) is 17.4 Å². The Morgan fingerprint density at radius 1 is 1.00 bits per heavy atom. The fourth-order valence-electron chi connectivity index (χ4n) is 0. The van der Waals surface area contributed by atoms with Crippen LogP contribution in [0.1, 0.15) is 0 Å². The summed E-state index contributed by atoms with van der Waals surface area (Å²) in [5.74, 6) is 0. The fraction of sp³-hybridized carbons (Fsp3) is 0. The Labute approximate surface area is 72.8 Å². The molecule has 0 fully saturated rings. The topological polar surface area (TPSA) is 0 Å². The molecule has 6 radical (unpaired) electrons. The van der Waals surface area contributed by atoms with Crippen molar-refractivity contribution in [2.75, 3.05) is 0 Å². The van der Waals surface area contributed by atoms with Crippen LogP contribution in [0.5, 0.6) is 0 Å². The zero-order valence-corrected chi connectivity index (χ0v) is 7.31. The number of rotatable bonds is 0. The summed E-state index contributed by atoms with van der Waals surface area (Å²) in [5, 5.41) is 0. The van der Waals surface area contributed by atoms with E-state index in [4.69, 9.17) is 0 Å². The van der Waals surface area contributed by atoms with E-state index in [1.807, 2.05) is 0 Å². The van der Waals surface area contributed by atoms with Gasteiger partial charge < -0.3 is 0 Å². The first-order valence-corrected chi connectivity index (χ1v) is 0. The summed E-state index contributed by atoms with van der Waals surface area (Å²) in [6.07, 6.45) is 0. The maximum atomic E-state index is 0. The zero-order valence-electron chi connectivity index (χ0n) is 1.74. The summed E-state index contributed by atoms with van der Waals surface area (Å²) in [4.78, 5) is 0. The van der Waals surface area contributed by atoms with E-state index in [1.165, 1.54) is 0 Å². The number of hydrogen-bond acceptors (Lipinski definition) is 0. The smallest absolute Gasteiger partial charge is 0 e. The van der Waals surface area contributed by atoms with Gasteiger partial charge in [-0.2, -0.15) is 0 Å². The fourth-order valence-corrected chi connectivity index (χ4v) is 0. The van der Waals surface area contributed by atoms with Crippen molar-refractivity contribution in [3.05, 3.63) is 0 Å². The molecule has 0 atom stereocenters. The summed E-state index contributed by atoms with van der Waals surface area (Å²) in [7, 11) is 0. The quantitative estimate of drug-likeness (QED) is 0.500. The first-order chi connectivity index (χ1) is 0. The molecule has 4 heteroatoms. The van der Waals surface area contributed by atoms with E-state index in [0.717, 1.165) is 0 Å². The largest absolute Gasteiger partial charge is 0 e. The molecule has 0 aliphatic heterocycles. The van der Waals surface area contributed by atoms with Gasteiger partial charge in [0.2, 0.25) is 0 Å². The van der Waals surface area contributed by atoms with E-state index < -0.39 is 0 Å². The molecule has 0 aliphatic rings. The standard InChI is InChI=1S/Al.Co.Mn.Nb. The average molecular weight is 234 g/mol. The minimum Gasteiger partial charge on any atom is 0 e. The zero-order chi connectivity index (χ0) is 0. The van der Waals surface area contributed by atoms with Crippen molar-refractivity contribution in [3.63, 3.8) is 0 Å². The van der Waals surface area contributed by atoms with Crippen molar-refractivity contribution in [2.24, 2.45) is 0 Å². The van der Waals surface area contributed by atoms with Gasteiger partial charge in [0.1, 0.15) is 0 Å². The summed E-state index contributed by atoms with van der Waals surface area (Å²) < 4.78 is 0. The molecule has 0 aromatic heterocycles. The molecular weight excluding hydrogens is 234 g/mol. The van der Waals surface area contributed by atoms with Gasteiger partial charge >= 0.3 is 0 Å². The van der Waals surface area contributed by atoms with E-state index in [2.05, 4.69) is 0 Å². The van der Waals surface area contributed by atoms with Crippen molar-refractivity contribution >= 4 is 17.4 Å². The van der Waals surface area contributed by atoms with Crippen LogP contribution < -0.4 is 0 Å². The molecule has 0 spiro atoms. The average Bonchev–Trinajstić information content (AvgIpc) is 0. The van der Waals surface area contributed by atoms with Gasteiger partial charge in [0.15, 0.2) is 0 Å². The van der Waals surface area contributed by atoms with Crippen molar-refractivity contribution in [1.82, 2.24) is 0 Å². The van der Waals surface area contributed by atoms with E-state index in [-0.39, 0.29) is 73.6 Å². The first-order valence-electron chi connectivity index (χ1n) is 0. The van der Waals surface area contributed by atoms with Gasteiger partial charge in [-0.1, -0.05) is 0 Å². The Balaban J connectivity index is 0. The molecule has 4 heavy (non-hydrogen) atoms. The molecular formula is AlCoMnNb. The Morgan fingerprint density at radius 3 is 1.00 bits per heavy atom. The van der Waals surface area contributed by atoms with E-state index >= 15 is 0 Å². The van der Waals surface area contributed by atoms with Crippen LogP contribution in [0, 0.1) is 0 Å². The summed E-state index contributed by atoms with van der Waals surface area (Å²) in [6, 6.07) is 0. The maximum absolute atomic E-state index is 0. The van der Waals surface area contributed by atoms with Crippen LogP contribution in [-0.2, 0) is 56.2 Å². The second-order valence-electron chi connectivity index (χ2n) is 0. The van der Waals surface area contributed by atoms with Crippen LogP contribution in [0.2, 0.25) is 0 Å². The molecule has 0 saturated heterocycles. The Hall–Kier alpha value is 2.30.